The number of anilines is 1. The molecule has 1 aromatic heterocycles. The van der Waals surface area contributed by atoms with E-state index in [-0.39, 0.29) is 11.8 Å². The maximum atomic E-state index is 12.9. The number of imidazole rings is 1. The van der Waals surface area contributed by atoms with E-state index in [4.69, 9.17) is 21.3 Å². The molecule has 174 valence electrons. The van der Waals surface area contributed by atoms with Crippen LogP contribution in [0.15, 0.2) is 72.8 Å². The Balaban J connectivity index is 1.36. The van der Waals surface area contributed by atoms with Crippen molar-refractivity contribution in [3.05, 3.63) is 89.2 Å². The summed E-state index contributed by atoms with van der Waals surface area (Å²) in [6.45, 7) is 6.13. The highest BCUT2D eigenvalue weighted by Crippen LogP contribution is 2.34. The fraction of sp³-hybridized carbons (Fsp3) is 0.286. The summed E-state index contributed by atoms with van der Waals surface area (Å²) in [5.74, 6) is 2.38. The van der Waals surface area contributed by atoms with Gasteiger partial charge in [-0.15, -0.1) is 0 Å². The van der Waals surface area contributed by atoms with Crippen molar-refractivity contribution in [2.24, 2.45) is 0 Å². The Labute approximate surface area is 204 Å². The topological polar surface area (TPSA) is 47.4 Å². The first kappa shape index (κ1) is 22.5. The Morgan fingerprint density at radius 3 is 2.62 bits per heavy atom. The first-order chi connectivity index (χ1) is 16.5. The molecule has 1 atom stereocenters. The van der Waals surface area contributed by atoms with Crippen LogP contribution in [0.2, 0.25) is 5.02 Å². The molecule has 5 nitrogen and oxygen atoms in total. The van der Waals surface area contributed by atoms with E-state index in [1.165, 1.54) is 5.56 Å². The van der Waals surface area contributed by atoms with Gasteiger partial charge in [0.1, 0.15) is 18.2 Å². The van der Waals surface area contributed by atoms with E-state index >= 15 is 0 Å². The summed E-state index contributed by atoms with van der Waals surface area (Å²) in [4.78, 5) is 19.6. The zero-order chi connectivity index (χ0) is 23.7. The second kappa shape index (κ2) is 9.51. The molecule has 5 rings (SSSR count). The number of amides is 1. The zero-order valence-electron chi connectivity index (χ0n) is 19.4. The van der Waals surface area contributed by atoms with E-state index in [1.54, 1.807) is 0 Å². The van der Waals surface area contributed by atoms with E-state index in [0.717, 1.165) is 28.3 Å². The van der Waals surface area contributed by atoms with Gasteiger partial charge in [0.05, 0.1) is 17.6 Å². The van der Waals surface area contributed by atoms with Gasteiger partial charge in [-0.3, -0.25) is 4.79 Å². The minimum absolute atomic E-state index is 0.00390. The van der Waals surface area contributed by atoms with Crippen LogP contribution in [0.5, 0.6) is 5.75 Å². The van der Waals surface area contributed by atoms with Gasteiger partial charge < -0.3 is 14.2 Å². The molecular formula is C28H28ClN3O2. The average Bonchev–Trinajstić information content (AvgIpc) is 3.40. The summed E-state index contributed by atoms with van der Waals surface area (Å²) in [6, 6.07) is 23.9. The molecule has 2 heterocycles. The maximum Gasteiger partial charge on any atom is 0.227 e. The molecule has 1 saturated heterocycles. The number of para-hydroxylation sites is 2. The number of ether oxygens (including phenoxy) is 1. The van der Waals surface area contributed by atoms with Gasteiger partial charge in [-0.25, -0.2) is 4.98 Å². The number of hydrogen-bond acceptors (Lipinski definition) is 3. The summed E-state index contributed by atoms with van der Waals surface area (Å²) < 4.78 is 8.27. The Hall–Kier alpha value is -3.31. The number of aromatic nitrogens is 2. The third-order valence-corrected chi connectivity index (χ3v) is 6.66. The Kier molecular flexibility index (Phi) is 6.29. The number of carbonyl (C=O) groups is 1. The van der Waals surface area contributed by atoms with Gasteiger partial charge in [0.25, 0.3) is 0 Å². The summed E-state index contributed by atoms with van der Waals surface area (Å²) in [7, 11) is 0. The van der Waals surface area contributed by atoms with Gasteiger partial charge in [0, 0.05) is 29.6 Å². The largest absolute Gasteiger partial charge is 0.492 e. The van der Waals surface area contributed by atoms with Crippen LogP contribution in [0.25, 0.3) is 11.0 Å². The van der Waals surface area contributed by atoms with Crippen LogP contribution >= 0.6 is 11.6 Å². The Morgan fingerprint density at radius 2 is 1.85 bits per heavy atom. The molecule has 3 aromatic carbocycles. The molecule has 0 N–H and O–H groups in total. The van der Waals surface area contributed by atoms with Crippen molar-refractivity contribution < 1.29 is 9.53 Å². The van der Waals surface area contributed by atoms with Gasteiger partial charge >= 0.3 is 0 Å². The van der Waals surface area contributed by atoms with Gasteiger partial charge in [0.2, 0.25) is 5.91 Å². The summed E-state index contributed by atoms with van der Waals surface area (Å²) in [6.07, 6.45) is 0.424. The number of carbonyl (C=O) groups excluding carboxylic acids is 1. The minimum atomic E-state index is 0.00390. The van der Waals surface area contributed by atoms with Crippen molar-refractivity contribution in [3.8, 4) is 5.75 Å². The molecule has 1 aliphatic rings. The SMILES string of the molecule is CC(C)c1ccc(OCCn2c(C3CC(=O)N(c4cccc(Cl)c4)C3)nc3ccccc32)cc1. The van der Waals surface area contributed by atoms with Crippen molar-refractivity contribution >= 4 is 34.2 Å². The highest BCUT2D eigenvalue weighted by Gasteiger charge is 2.34. The lowest BCUT2D eigenvalue weighted by atomic mass is 10.0. The summed E-state index contributed by atoms with van der Waals surface area (Å²) >= 11 is 6.17. The van der Waals surface area contributed by atoms with E-state index < -0.39 is 0 Å². The molecule has 34 heavy (non-hydrogen) atoms. The molecule has 0 bridgehead atoms. The molecule has 1 aliphatic heterocycles. The zero-order valence-corrected chi connectivity index (χ0v) is 20.2. The Morgan fingerprint density at radius 1 is 1.06 bits per heavy atom. The minimum Gasteiger partial charge on any atom is -0.492 e. The van der Waals surface area contributed by atoms with Crippen LogP contribution in [-0.4, -0.2) is 28.6 Å². The smallest absolute Gasteiger partial charge is 0.227 e. The average molecular weight is 474 g/mol. The predicted octanol–water partition coefficient (Wildman–Crippen LogP) is 6.41. The van der Waals surface area contributed by atoms with Gasteiger partial charge in [-0.1, -0.05) is 55.8 Å². The van der Waals surface area contributed by atoms with Crippen LogP contribution in [0.1, 0.15) is 43.5 Å². The number of rotatable bonds is 7. The molecule has 1 unspecified atom stereocenters. The van der Waals surface area contributed by atoms with Crippen molar-refractivity contribution in [3.63, 3.8) is 0 Å². The van der Waals surface area contributed by atoms with Crippen LogP contribution in [0, 0.1) is 0 Å². The lowest BCUT2D eigenvalue weighted by Crippen LogP contribution is -2.24. The maximum absolute atomic E-state index is 12.9. The van der Waals surface area contributed by atoms with Crippen LogP contribution < -0.4 is 9.64 Å². The van der Waals surface area contributed by atoms with E-state index in [9.17, 15) is 4.79 Å². The first-order valence-corrected chi connectivity index (χ1v) is 12.1. The quantitative estimate of drug-likeness (QED) is 0.311. The highest BCUT2D eigenvalue weighted by molar-refractivity contribution is 6.30. The molecule has 0 aliphatic carbocycles. The molecule has 4 aromatic rings. The molecule has 0 saturated carbocycles. The van der Waals surface area contributed by atoms with Crippen molar-refractivity contribution in [2.75, 3.05) is 18.1 Å². The second-order valence-electron chi connectivity index (χ2n) is 9.07. The predicted molar refractivity (Wildman–Crippen MR) is 137 cm³/mol. The fourth-order valence-electron chi connectivity index (χ4n) is 4.62. The number of fused-ring (bicyclic) bond motifs is 1. The van der Waals surface area contributed by atoms with Crippen molar-refractivity contribution in [2.45, 2.75) is 38.6 Å². The van der Waals surface area contributed by atoms with Gasteiger partial charge in [0.15, 0.2) is 0 Å². The van der Waals surface area contributed by atoms with Crippen molar-refractivity contribution in [1.29, 1.82) is 0 Å². The monoisotopic (exact) mass is 473 g/mol. The van der Waals surface area contributed by atoms with Crippen LogP contribution in [0.3, 0.4) is 0 Å². The lowest BCUT2D eigenvalue weighted by molar-refractivity contribution is -0.117. The van der Waals surface area contributed by atoms with Gasteiger partial charge in [-0.05, 0) is 53.9 Å². The molecule has 6 heteroatoms. The molecular weight excluding hydrogens is 446 g/mol. The fourth-order valence-corrected chi connectivity index (χ4v) is 4.80. The molecule has 0 spiro atoms. The number of benzene rings is 3. The number of nitrogens with zero attached hydrogens (tertiary/aromatic N) is 3. The molecule has 0 radical (unpaired) electrons. The lowest BCUT2D eigenvalue weighted by Gasteiger charge is -2.18. The van der Waals surface area contributed by atoms with Crippen LogP contribution in [0.4, 0.5) is 5.69 Å². The standard InChI is InChI=1S/C28H28ClN3O2/c1-19(2)20-10-12-24(13-11-20)34-15-14-31-26-9-4-3-8-25(26)30-28(31)21-16-27(33)32(18-21)23-7-5-6-22(29)17-23/h3-13,17,19,21H,14-16,18H2,1-2H3. The highest BCUT2D eigenvalue weighted by atomic mass is 35.5. The normalized spacial score (nSPS) is 16.1. The Bertz CT molecular complexity index is 1310. The van der Waals surface area contributed by atoms with E-state index in [2.05, 4.69) is 36.6 Å². The van der Waals surface area contributed by atoms with Gasteiger partial charge in [-0.2, -0.15) is 0 Å². The van der Waals surface area contributed by atoms with Crippen molar-refractivity contribution in [1.82, 2.24) is 9.55 Å². The summed E-state index contributed by atoms with van der Waals surface area (Å²) in [5.41, 5.74) is 4.12. The number of halogens is 1. The van der Waals surface area contributed by atoms with E-state index in [1.807, 2.05) is 59.5 Å². The first-order valence-electron chi connectivity index (χ1n) is 11.7. The van der Waals surface area contributed by atoms with Crippen LogP contribution in [-0.2, 0) is 11.3 Å². The summed E-state index contributed by atoms with van der Waals surface area (Å²) in [5, 5.41) is 0.625. The third-order valence-electron chi connectivity index (χ3n) is 6.42. The third kappa shape index (κ3) is 4.53. The second-order valence-corrected chi connectivity index (χ2v) is 9.50. The molecule has 1 fully saturated rings. The van der Waals surface area contributed by atoms with E-state index in [0.29, 0.717) is 37.1 Å². The number of hydrogen-bond donors (Lipinski definition) is 0. The molecule has 1 amide bonds.